The first kappa shape index (κ1) is 5.59. The molecule has 3 rings (SSSR count). The number of hydrogen-bond acceptors (Lipinski definition) is 1. The summed E-state index contributed by atoms with van der Waals surface area (Å²) in [5.41, 5.74) is 0.433. The molecule has 0 spiro atoms. The molecule has 0 bridgehead atoms. The Kier molecular flexibility index (Phi) is 0.797. The lowest BCUT2D eigenvalue weighted by atomic mass is 10.1. The third-order valence-electron chi connectivity index (χ3n) is 3.44. The fraction of sp³-hybridized carbons (Fsp3) is 1.00. The van der Waals surface area contributed by atoms with Gasteiger partial charge < -0.3 is 4.74 Å². The molecule has 56 valence electrons. The van der Waals surface area contributed by atoms with Crippen LogP contribution in [0.3, 0.4) is 0 Å². The quantitative estimate of drug-likeness (QED) is 0.566. The zero-order chi connectivity index (χ0) is 6.77. The van der Waals surface area contributed by atoms with Gasteiger partial charge in [0.25, 0.3) is 0 Å². The first-order chi connectivity index (χ1) is 4.86. The molecule has 3 aliphatic rings. The molecule has 1 heterocycles. The number of fused-ring (bicyclic) bond motifs is 3. The lowest BCUT2D eigenvalue weighted by Crippen LogP contribution is -2.13. The van der Waals surface area contributed by atoms with Crippen LogP contribution in [-0.2, 0) is 4.74 Å². The third-order valence-corrected chi connectivity index (χ3v) is 3.44. The first-order valence-corrected chi connectivity index (χ1v) is 4.53. The molecule has 0 radical (unpaired) electrons. The molecule has 3 unspecified atom stereocenters. The number of rotatable bonds is 2. The van der Waals surface area contributed by atoms with E-state index in [9.17, 15) is 0 Å². The number of ether oxygens (including phenoxy) is 1. The van der Waals surface area contributed by atoms with Crippen LogP contribution >= 0.6 is 0 Å². The van der Waals surface area contributed by atoms with Gasteiger partial charge in [0.05, 0.1) is 11.7 Å². The molecule has 10 heavy (non-hydrogen) atoms. The van der Waals surface area contributed by atoms with Crippen molar-refractivity contribution >= 4 is 0 Å². The van der Waals surface area contributed by atoms with Crippen LogP contribution in [0.15, 0.2) is 0 Å². The predicted octanol–water partition coefficient (Wildman–Crippen LogP) is 1.96. The average Bonchev–Trinajstić information content (AvgIpc) is 2.74. The topological polar surface area (TPSA) is 9.23 Å². The zero-order valence-corrected chi connectivity index (χ0v) is 6.47. The van der Waals surface area contributed by atoms with Crippen LogP contribution in [0.2, 0.25) is 0 Å². The van der Waals surface area contributed by atoms with Crippen molar-refractivity contribution in [1.82, 2.24) is 0 Å². The maximum absolute atomic E-state index is 5.94. The Morgan fingerprint density at radius 1 is 1.60 bits per heavy atom. The molecule has 0 amide bonds. The molecular formula is C9H14O. The van der Waals surface area contributed by atoms with Crippen molar-refractivity contribution in [3.8, 4) is 0 Å². The predicted molar refractivity (Wildman–Crippen MR) is 38.7 cm³/mol. The van der Waals surface area contributed by atoms with Gasteiger partial charge >= 0.3 is 0 Å². The summed E-state index contributed by atoms with van der Waals surface area (Å²) in [6, 6.07) is 0. The fourth-order valence-electron chi connectivity index (χ4n) is 2.81. The monoisotopic (exact) mass is 138 g/mol. The molecule has 2 aliphatic carbocycles. The summed E-state index contributed by atoms with van der Waals surface area (Å²) in [4.78, 5) is 0. The van der Waals surface area contributed by atoms with Gasteiger partial charge in [-0.05, 0) is 31.1 Å². The minimum Gasteiger partial charge on any atom is -0.371 e. The van der Waals surface area contributed by atoms with Crippen LogP contribution in [-0.4, -0.2) is 11.7 Å². The van der Waals surface area contributed by atoms with E-state index < -0.39 is 0 Å². The van der Waals surface area contributed by atoms with Crippen LogP contribution in [0.5, 0.6) is 0 Å². The molecule has 0 aromatic heterocycles. The summed E-state index contributed by atoms with van der Waals surface area (Å²) >= 11 is 0. The van der Waals surface area contributed by atoms with E-state index in [1.165, 1.54) is 25.7 Å². The second-order valence-corrected chi connectivity index (χ2v) is 4.18. The van der Waals surface area contributed by atoms with E-state index >= 15 is 0 Å². The Balaban J connectivity index is 1.76. The number of hydrogen-bond donors (Lipinski definition) is 0. The summed E-state index contributed by atoms with van der Waals surface area (Å²) in [5.74, 6) is 2.00. The molecule has 0 N–H and O–H groups in total. The Hall–Kier alpha value is -0.0400. The Labute approximate surface area is 61.8 Å². The molecule has 0 aromatic rings. The summed E-state index contributed by atoms with van der Waals surface area (Å²) in [5, 5.41) is 0. The van der Waals surface area contributed by atoms with Gasteiger partial charge in [-0.15, -0.1) is 0 Å². The lowest BCUT2D eigenvalue weighted by Gasteiger charge is -2.12. The van der Waals surface area contributed by atoms with Crippen molar-refractivity contribution in [2.75, 3.05) is 0 Å². The van der Waals surface area contributed by atoms with Crippen LogP contribution in [0.25, 0.3) is 0 Å². The average molecular weight is 138 g/mol. The minimum atomic E-state index is 0.433. The van der Waals surface area contributed by atoms with Gasteiger partial charge in [0.15, 0.2) is 0 Å². The molecule has 3 fully saturated rings. The van der Waals surface area contributed by atoms with Crippen LogP contribution in [0, 0.1) is 11.8 Å². The molecule has 1 aliphatic heterocycles. The zero-order valence-electron chi connectivity index (χ0n) is 6.47. The molecule has 2 saturated carbocycles. The van der Waals surface area contributed by atoms with Crippen LogP contribution in [0.4, 0.5) is 0 Å². The maximum Gasteiger partial charge on any atom is 0.0722 e. The van der Waals surface area contributed by atoms with E-state index in [1.807, 2.05) is 0 Å². The Morgan fingerprint density at radius 3 is 3.10 bits per heavy atom. The smallest absolute Gasteiger partial charge is 0.0722 e. The van der Waals surface area contributed by atoms with Crippen molar-refractivity contribution in [2.45, 2.75) is 44.3 Å². The minimum absolute atomic E-state index is 0.433. The summed E-state index contributed by atoms with van der Waals surface area (Å²) in [6.07, 6.45) is 6.11. The van der Waals surface area contributed by atoms with Crippen molar-refractivity contribution < 1.29 is 4.74 Å². The van der Waals surface area contributed by atoms with E-state index in [0.29, 0.717) is 11.7 Å². The van der Waals surface area contributed by atoms with E-state index in [2.05, 4.69) is 6.92 Å². The maximum atomic E-state index is 5.94. The van der Waals surface area contributed by atoms with Crippen LogP contribution in [0.1, 0.15) is 32.6 Å². The van der Waals surface area contributed by atoms with Crippen molar-refractivity contribution in [2.24, 2.45) is 11.8 Å². The highest BCUT2D eigenvalue weighted by atomic mass is 16.5. The molecular weight excluding hydrogens is 124 g/mol. The summed E-state index contributed by atoms with van der Waals surface area (Å²) in [7, 11) is 0. The van der Waals surface area contributed by atoms with Crippen molar-refractivity contribution in [1.29, 1.82) is 0 Å². The van der Waals surface area contributed by atoms with E-state index in [1.54, 1.807) is 0 Å². The normalized spacial score (nSPS) is 61.5. The SMILES string of the molecule is CCCC12CC1[C@@H]1CC1O2. The van der Waals surface area contributed by atoms with Crippen LogP contribution < -0.4 is 0 Å². The molecule has 1 nitrogen and oxygen atoms in total. The Bertz CT molecular complexity index is 178. The third kappa shape index (κ3) is 0.493. The highest BCUT2D eigenvalue weighted by Crippen LogP contribution is 2.69. The van der Waals surface area contributed by atoms with Gasteiger partial charge in [0.1, 0.15) is 0 Å². The highest BCUT2D eigenvalue weighted by Gasteiger charge is 2.72. The van der Waals surface area contributed by atoms with Gasteiger partial charge in [0, 0.05) is 0 Å². The first-order valence-electron chi connectivity index (χ1n) is 4.53. The molecule has 4 atom stereocenters. The summed E-state index contributed by atoms with van der Waals surface area (Å²) in [6.45, 7) is 2.26. The van der Waals surface area contributed by atoms with Gasteiger partial charge in [-0.1, -0.05) is 13.3 Å². The van der Waals surface area contributed by atoms with E-state index in [4.69, 9.17) is 4.74 Å². The van der Waals surface area contributed by atoms with Crippen molar-refractivity contribution in [3.63, 3.8) is 0 Å². The second-order valence-electron chi connectivity index (χ2n) is 4.18. The second kappa shape index (κ2) is 1.42. The molecule has 1 heteroatoms. The van der Waals surface area contributed by atoms with E-state index in [-0.39, 0.29) is 0 Å². The van der Waals surface area contributed by atoms with Gasteiger partial charge in [0.2, 0.25) is 0 Å². The van der Waals surface area contributed by atoms with Gasteiger partial charge in [-0.3, -0.25) is 0 Å². The van der Waals surface area contributed by atoms with E-state index in [0.717, 1.165) is 11.8 Å². The highest BCUT2D eigenvalue weighted by molar-refractivity contribution is 5.20. The molecule has 0 aromatic carbocycles. The van der Waals surface area contributed by atoms with Crippen molar-refractivity contribution in [3.05, 3.63) is 0 Å². The Morgan fingerprint density at radius 2 is 2.50 bits per heavy atom. The van der Waals surface area contributed by atoms with Gasteiger partial charge in [-0.2, -0.15) is 0 Å². The lowest BCUT2D eigenvalue weighted by molar-refractivity contribution is 0.0291. The standard InChI is InChI=1S/C9H14O/c1-2-3-9-5-7(9)6-4-8(6)10-9/h6-8H,2-5H2,1H3/t6-,7?,8?,9?/m0/s1. The fourth-order valence-corrected chi connectivity index (χ4v) is 2.81. The molecule has 1 saturated heterocycles. The van der Waals surface area contributed by atoms with Gasteiger partial charge in [-0.25, -0.2) is 0 Å². The largest absolute Gasteiger partial charge is 0.371 e. The summed E-state index contributed by atoms with van der Waals surface area (Å²) < 4.78 is 5.94.